The number of fused-ring (bicyclic) bond motifs is 1. The molecule has 0 saturated heterocycles. The SMILES string of the molecule is CC[C@H](C)c1nc2ccc(Br)cc2c(=O)n1N=Cc1cc(C)n(-c2c(C)cccc2C)c1C. The molecule has 0 spiro atoms. The molecule has 0 fully saturated rings. The van der Waals surface area contributed by atoms with Crippen molar-refractivity contribution in [2.75, 3.05) is 0 Å². The van der Waals surface area contributed by atoms with E-state index >= 15 is 0 Å². The maximum Gasteiger partial charge on any atom is 0.282 e. The van der Waals surface area contributed by atoms with E-state index in [4.69, 9.17) is 4.98 Å². The van der Waals surface area contributed by atoms with Gasteiger partial charge in [0, 0.05) is 27.3 Å². The van der Waals surface area contributed by atoms with Crippen LogP contribution >= 0.6 is 15.9 Å². The molecule has 33 heavy (non-hydrogen) atoms. The van der Waals surface area contributed by atoms with Crippen LogP contribution in [0.3, 0.4) is 0 Å². The number of halogens is 1. The fourth-order valence-electron chi connectivity index (χ4n) is 4.32. The highest BCUT2D eigenvalue weighted by Gasteiger charge is 2.17. The average molecular weight is 505 g/mol. The molecule has 170 valence electrons. The van der Waals surface area contributed by atoms with Crippen molar-refractivity contribution in [3.63, 3.8) is 0 Å². The number of aromatic nitrogens is 3. The lowest BCUT2D eigenvalue weighted by Crippen LogP contribution is -2.23. The van der Waals surface area contributed by atoms with Crippen molar-refractivity contribution in [3.8, 4) is 5.69 Å². The normalized spacial score (nSPS) is 12.7. The summed E-state index contributed by atoms with van der Waals surface area (Å²) in [6, 6.07) is 14.0. The van der Waals surface area contributed by atoms with Crippen molar-refractivity contribution in [3.05, 3.63) is 91.2 Å². The van der Waals surface area contributed by atoms with Crippen molar-refractivity contribution < 1.29 is 0 Å². The summed E-state index contributed by atoms with van der Waals surface area (Å²) >= 11 is 3.46. The molecule has 0 aliphatic rings. The van der Waals surface area contributed by atoms with Gasteiger partial charge in [-0.3, -0.25) is 4.79 Å². The first-order valence-electron chi connectivity index (χ1n) is 11.2. The lowest BCUT2D eigenvalue weighted by atomic mass is 10.1. The minimum atomic E-state index is -0.156. The molecule has 1 atom stereocenters. The average Bonchev–Trinajstić information content (AvgIpc) is 3.06. The topological polar surface area (TPSA) is 52.2 Å². The predicted molar refractivity (Wildman–Crippen MR) is 140 cm³/mol. The number of nitrogens with zero attached hydrogens (tertiary/aromatic N) is 4. The monoisotopic (exact) mass is 504 g/mol. The van der Waals surface area contributed by atoms with Gasteiger partial charge in [0.05, 0.1) is 22.8 Å². The molecule has 0 bridgehead atoms. The summed E-state index contributed by atoms with van der Waals surface area (Å²) < 4.78 is 4.58. The maximum absolute atomic E-state index is 13.4. The van der Waals surface area contributed by atoms with Gasteiger partial charge in [-0.2, -0.15) is 9.78 Å². The maximum atomic E-state index is 13.4. The van der Waals surface area contributed by atoms with Crippen LogP contribution in [0.15, 0.2) is 56.8 Å². The van der Waals surface area contributed by atoms with E-state index in [0.29, 0.717) is 16.7 Å². The molecule has 0 amide bonds. The van der Waals surface area contributed by atoms with Crippen LogP contribution in [0.25, 0.3) is 16.6 Å². The highest BCUT2D eigenvalue weighted by Crippen LogP contribution is 2.26. The van der Waals surface area contributed by atoms with Gasteiger partial charge in [0.25, 0.3) is 5.56 Å². The molecular formula is C27H29BrN4O. The van der Waals surface area contributed by atoms with E-state index in [1.54, 1.807) is 6.21 Å². The van der Waals surface area contributed by atoms with Gasteiger partial charge >= 0.3 is 0 Å². The molecule has 0 radical (unpaired) electrons. The minimum Gasteiger partial charge on any atom is -0.317 e. The highest BCUT2D eigenvalue weighted by atomic mass is 79.9. The molecule has 4 rings (SSSR count). The van der Waals surface area contributed by atoms with Crippen LogP contribution in [-0.4, -0.2) is 20.4 Å². The molecule has 0 N–H and O–H groups in total. The molecule has 5 nitrogen and oxygen atoms in total. The minimum absolute atomic E-state index is 0.102. The third-order valence-electron chi connectivity index (χ3n) is 6.33. The fourth-order valence-corrected chi connectivity index (χ4v) is 4.68. The van der Waals surface area contributed by atoms with E-state index in [-0.39, 0.29) is 11.5 Å². The summed E-state index contributed by atoms with van der Waals surface area (Å²) in [5, 5.41) is 5.22. The van der Waals surface area contributed by atoms with Gasteiger partial charge in [0.1, 0.15) is 5.82 Å². The fraction of sp³-hybridized carbons (Fsp3) is 0.296. The van der Waals surface area contributed by atoms with Crippen molar-refractivity contribution in [1.82, 2.24) is 14.2 Å². The number of hydrogen-bond acceptors (Lipinski definition) is 3. The Morgan fingerprint density at radius 3 is 2.45 bits per heavy atom. The van der Waals surface area contributed by atoms with Crippen LogP contribution in [0.2, 0.25) is 0 Å². The van der Waals surface area contributed by atoms with Crippen LogP contribution in [-0.2, 0) is 0 Å². The van der Waals surface area contributed by atoms with Crippen molar-refractivity contribution in [1.29, 1.82) is 0 Å². The van der Waals surface area contributed by atoms with Crippen molar-refractivity contribution >= 4 is 33.0 Å². The van der Waals surface area contributed by atoms with Crippen LogP contribution < -0.4 is 5.56 Å². The van der Waals surface area contributed by atoms with Gasteiger partial charge in [0.2, 0.25) is 0 Å². The Bertz CT molecular complexity index is 1420. The first kappa shape index (κ1) is 23.2. The summed E-state index contributed by atoms with van der Waals surface area (Å²) in [7, 11) is 0. The number of hydrogen-bond donors (Lipinski definition) is 0. The molecule has 0 unspecified atom stereocenters. The number of rotatable bonds is 5. The molecule has 2 heterocycles. The summed E-state index contributed by atoms with van der Waals surface area (Å²) in [4.78, 5) is 18.2. The third kappa shape index (κ3) is 4.20. The zero-order valence-electron chi connectivity index (χ0n) is 20.0. The summed E-state index contributed by atoms with van der Waals surface area (Å²) in [5.74, 6) is 0.780. The second kappa shape index (κ2) is 9.10. The van der Waals surface area contributed by atoms with E-state index in [9.17, 15) is 4.79 Å². The number of aryl methyl sites for hydroxylation is 3. The lowest BCUT2D eigenvalue weighted by molar-refractivity contribution is 0.613. The summed E-state index contributed by atoms with van der Waals surface area (Å²) in [5.41, 5.74) is 7.37. The number of benzene rings is 2. The largest absolute Gasteiger partial charge is 0.317 e. The van der Waals surface area contributed by atoms with E-state index in [1.807, 2.05) is 18.2 Å². The zero-order chi connectivity index (χ0) is 23.9. The highest BCUT2D eigenvalue weighted by molar-refractivity contribution is 9.10. The van der Waals surface area contributed by atoms with E-state index in [0.717, 1.165) is 27.8 Å². The first-order chi connectivity index (χ1) is 15.7. The van der Waals surface area contributed by atoms with E-state index in [2.05, 4.69) is 91.4 Å². The first-order valence-corrected chi connectivity index (χ1v) is 12.0. The Labute approximate surface area is 202 Å². The Morgan fingerprint density at radius 2 is 1.79 bits per heavy atom. The molecule has 2 aromatic carbocycles. The number of para-hydroxylation sites is 1. The van der Waals surface area contributed by atoms with Crippen LogP contribution in [0.4, 0.5) is 0 Å². The molecule has 0 saturated carbocycles. The predicted octanol–water partition coefficient (Wildman–Crippen LogP) is 6.58. The Kier molecular flexibility index (Phi) is 6.39. The van der Waals surface area contributed by atoms with Crippen molar-refractivity contribution in [2.45, 2.75) is 53.9 Å². The molecule has 0 aliphatic heterocycles. The third-order valence-corrected chi connectivity index (χ3v) is 6.83. The summed E-state index contributed by atoms with van der Waals surface area (Å²) in [6.07, 6.45) is 2.65. The van der Waals surface area contributed by atoms with Crippen LogP contribution in [0.1, 0.15) is 60.1 Å². The van der Waals surface area contributed by atoms with E-state index < -0.39 is 0 Å². The molecule has 4 aromatic rings. The van der Waals surface area contributed by atoms with E-state index in [1.165, 1.54) is 21.5 Å². The van der Waals surface area contributed by atoms with Gasteiger partial charge in [-0.05, 0) is 69.5 Å². The molecule has 6 heteroatoms. The molecule has 0 aliphatic carbocycles. The van der Waals surface area contributed by atoms with Gasteiger partial charge in [0.15, 0.2) is 0 Å². The Morgan fingerprint density at radius 1 is 1.09 bits per heavy atom. The van der Waals surface area contributed by atoms with Crippen LogP contribution in [0, 0.1) is 27.7 Å². The van der Waals surface area contributed by atoms with Gasteiger partial charge in [-0.25, -0.2) is 4.98 Å². The van der Waals surface area contributed by atoms with Gasteiger partial charge in [-0.1, -0.05) is 48.0 Å². The Balaban J connectivity index is 1.87. The summed E-state index contributed by atoms with van der Waals surface area (Å²) in [6.45, 7) is 12.6. The standard InChI is InChI=1S/C27H29BrN4O/c1-7-16(2)26-30-24-12-11-22(28)14-23(24)27(33)32(26)29-15-21-13-19(5)31(20(21)6)25-17(3)9-8-10-18(25)4/h8-16H,7H2,1-6H3/t16-/m0/s1. The molecular weight excluding hydrogens is 476 g/mol. The van der Waals surface area contributed by atoms with Gasteiger partial charge in [-0.15, -0.1) is 0 Å². The second-order valence-corrected chi connectivity index (χ2v) is 9.62. The Hall–Kier alpha value is -2.99. The zero-order valence-corrected chi connectivity index (χ0v) is 21.6. The van der Waals surface area contributed by atoms with Crippen molar-refractivity contribution in [2.24, 2.45) is 5.10 Å². The second-order valence-electron chi connectivity index (χ2n) is 8.70. The smallest absolute Gasteiger partial charge is 0.282 e. The molecule has 2 aromatic heterocycles. The quantitative estimate of drug-likeness (QED) is 0.288. The lowest BCUT2D eigenvalue weighted by Gasteiger charge is -2.15. The van der Waals surface area contributed by atoms with Gasteiger partial charge < -0.3 is 4.57 Å². The van der Waals surface area contributed by atoms with Crippen LogP contribution in [0.5, 0.6) is 0 Å².